The molecule has 0 fully saturated rings. The van der Waals surface area contributed by atoms with Crippen LogP contribution in [0.15, 0.2) is 0 Å². The van der Waals surface area contributed by atoms with Crippen molar-refractivity contribution in [3.8, 4) is 0 Å². The first-order valence-corrected chi connectivity index (χ1v) is 7.38. The number of aromatic nitrogens is 1. The Labute approximate surface area is 110 Å². The Morgan fingerprint density at radius 1 is 1.12 bits per heavy atom. The molecule has 3 heteroatoms. The van der Waals surface area contributed by atoms with Gasteiger partial charge in [-0.1, -0.05) is 27.7 Å². The fraction of sp³-hybridized carbons (Fsp3) is 0.786. The highest BCUT2D eigenvalue weighted by atomic mass is 32.1. The molecule has 0 aliphatic heterocycles. The van der Waals surface area contributed by atoms with Crippen LogP contribution in [0.3, 0.4) is 0 Å². The van der Waals surface area contributed by atoms with Crippen LogP contribution in [-0.4, -0.2) is 17.6 Å². The van der Waals surface area contributed by atoms with Crippen molar-refractivity contribution in [2.75, 3.05) is 6.54 Å². The fourth-order valence-electron chi connectivity index (χ4n) is 1.73. The molecule has 0 saturated heterocycles. The van der Waals surface area contributed by atoms with Gasteiger partial charge in [-0.3, -0.25) is 0 Å². The number of nitrogens with zero attached hydrogens (tertiary/aromatic N) is 1. The largest absolute Gasteiger partial charge is 0.314 e. The molecule has 2 atom stereocenters. The standard InChI is InChI=1S/C14H26N2S/c1-9(2)15-8-11(4)10(3)7-14-16-12(5)13(6)17-14/h9-11,15H,7-8H2,1-6H3. The summed E-state index contributed by atoms with van der Waals surface area (Å²) < 4.78 is 0. The van der Waals surface area contributed by atoms with Crippen molar-refractivity contribution in [1.82, 2.24) is 10.3 Å². The van der Waals surface area contributed by atoms with Gasteiger partial charge in [0.05, 0.1) is 10.7 Å². The van der Waals surface area contributed by atoms with E-state index in [1.165, 1.54) is 15.6 Å². The highest BCUT2D eigenvalue weighted by Crippen LogP contribution is 2.22. The first-order chi connectivity index (χ1) is 7.90. The molecule has 1 aromatic heterocycles. The van der Waals surface area contributed by atoms with E-state index in [2.05, 4.69) is 51.8 Å². The molecule has 1 N–H and O–H groups in total. The van der Waals surface area contributed by atoms with E-state index in [4.69, 9.17) is 0 Å². The van der Waals surface area contributed by atoms with E-state index in [0.29, 0.717) is 17.9 Å². The average Bonchev–Trinajstić information content (AvgIpc) is 2.54. The molecule has 0 radical (unpaired) electrons. The molecular weight excluding hydrogens is 228 g/mol. The van der Waals surface area contributed by atoms with Crippen molar-refractivity contribution in [1.29, 1.82) is 0 Å². The van der Waals surface area contributed by atoms with Crippen molar-refractivity contribution in [2.24, 2.45) is 11.8 Å². The van der Waals surface area contributed by atoms with Crippen LogP contribution in [-0.2, 0) is 6.42 Å². The highest BCUT2D eigenvalue weighted by molar-refractivity contribution is 7.11. The molecule has 2 unspecified atom stereocenters. The molecule has 17 heavy (non-hydrogen) atoms. The van der Waals surface area contributed by atoms with E-state index in [0.717, 1.165) is 13.0 Å². The van der Waals surface area contributed by atoms with Crippen molar-refractivity contribution >= 4 is 11.3 Å². The van der Waals surface area contributed by atoms with E-state index in [-0.39, 0.29) is 0 Å². The Morgan fingerprint density at radius 2 is 1.76 bits per heavy atom. The fourth-order valence-corrected chi connectivity index (χ4v) is 2.80. The predicted molar refractivity (Wildman–Crippen MR) is 76.8 cm³/mol. The molecule has 0 bridgehead atoms. The molecule has 0 spiro atoms. The lowest BCUT2D eigenvalue weighted by Crippen LogP contribution is -2.31. The van der Waals surface area contributed by atoms with Crippen LogP contribution in [0.2, 0.25) is 0 Å². The van der Waals surface area contributed by atoms with Crippen LogP contribution in [0.1, 0.15) is 43.3 Å². The summed E-state index contributed by atoms with van der Waals surface area (Å²) in [6.45, 7) is 14.4. The van der Waals surface area contributed by atoms with Crippen LogP contribution < -0.4 is 5.32 Å². The van der Waals surface area contributed by atoms with Gasteiger partial charge in [0.25, 0.3) is 0 Å². The van der Waals surface area contributed by atoms with Gasteiger partial charge in [-0.2, -0.15) is 0 Å². The molecule has 0 aliphatic rings. The van der Waals surface area contributed by atoms with Crippen LogP contribution in [0.4, 0.5) is 0 Å². The summed E-state index contributed by atoms with van der Waals surface area (Å²) in [5.41, 5.74) is 1.20. The predicted octanol–water partition coefficient (Wildman–Crippen LogP) is 3.57. The number of hydrogen-bond acceptors (Lipinski definition) is 3. The zero-order valence-electron chi connectivity index (χ0n) is 12.0. The number of hydrogen-bond donors (Lipinski definition) is 1. The molecule has 1 heterocycles. The third-order valence-corrected chi connectivity index (χ3v) is 4.48. The Hall–Kier alpha value is -0.410. The van der Waals surface area contributed by atoms with Gasteiger partial charge in [0, 0.05) is 17.3 Å². The highest BCUT2D eigenvalue weighted by Gasteiger charge is 2.15. The summed E-state index contributed by atoms with van der Waals surface area (Å²) in [5.74, 6) is 1.38. The van der Waals surface area contributed by atoms with E-state index >= 15 is 0 Å². The van der Waals surface area contributed by atoms with Crippen molar-refractivity contribution in [3.63, 3.8) is 0 Å². The smallest absolute Gasteiger partial charge is 0.0933 e. The molecule has 0 amide bonds. The number of rotatable bonds is 6. The SMILES string of the molecule is Cc1nc(CC(C)C(C)CNC(C)C)sc1C. The third kappa shape index (κ3) is 4.76. The zero-order chi connectivity index (χ0) is 13.0. The maximum absolute atomic E-state index is 4.63. The molecular formula is C14H26N2S. The van der Waals surface area contributed by atoms with Gasteiger partial charge in [-0.25, -0.2) is 4.98 Å². The van der Waals surface area contributed by atoms with Crippen LogP contribution in [0.25, 0.3) is 0 Å². The molecule has 0 saturated carbocycles. The number of nitrogens with one attached hydrogen (secondary N) is 1. The molecule has 0 aliphatic carbocycles. The summed E-state index contributed by atoms with van der Waals surface area (Å²) >= 11 is 1.85. The second-order valence-corrected chi connectivity index (χ2v) is 6.76. The maximum atomic E-state index is 4.63. The van der Waals surface area contributed by atoms with Gasteiger partial charge in [-0.15, -0.1) is 11.3 Å². The van der Waals surface area contributed by atoms with Crippen LogP contribution in [0.5, 0.6) is 0 Å². The Balaban J connectivity index is 2.45. The van der Waals surface area contributed by atoms with Crippen LogP contribution >= 0.6 is 11.3 Å². The van der Waals surface area contributed by atoms with E-state index in [9.17, 15) is 0 Å². The molecule has 2 nitrogen and oxygen atoms in total. The monoisotopic (exact) mass is 254 g/mol. The lowest BCUT2D eigenvalue weighted by molar-refractivity contribution is 0.354. The minimum absolute atomic E-state index is 0.578. The summed E-state index contributed by atoms with van der Waals surface area (Å²) in [4.78, 5) is 5.99. The van der Waals surface area contributed by atoms with Gasteiger partial charge in [-0.05, 0) is 32.2 Å². The maximum Gasteiger partial charge on any atom is 0.0933 e. The topological polar surface area (TPSA) is 24.9 Å². The minimum atomic E-state index is 0.578. The van der Waals surface area contributed by atoms with E-state index < -0.39 is 0 Å². The zero-order valence-corrected chi connectivity index (χ0v) is 12.8. The normalized spacial score (nSPS) is 15.2. The quantitative estimate of drug-likeness (QED) is 0.839. The first kappa shape index (κ1) is 14.7. The average molecular weight is 254 g/mol. The van der Waals surface area contributed by atoms with Crippen LogP contribution in [0, 0.1) is 25.7 Å². The summed E-state index contributed by atoms with van der Waals surface area (Å²) in [7, 11) is 0. The van der Waals surface area contributed by atoms with Crippen molar-refractivity contribution in [3.05, 3.63) is 15.6 Å². The van der Waals surface area contributed by atoms with Gasteiger partial charge in [0.15, 0.2) is 0 Å². The van der Waals surface area contributed by atoms with Gasteiger partial charge < -0.3 is 5.32 Å². The van der Waals surface area contributed by atoms with Gasteiger partial charge >= 0.3 is 0 Å². The first-order valence-electron chi connectivity index (χ1n) is 6.56. The lowest BCUT2D eigenvalue weighted by atomic mass is 9.93. The van der Waals surface area contributed by atoms with Crippen molar-refractivity contribution < 1.29 is 0 Å². The van der Waals surface area contributed by atoms with E-state index in [1.807, 2.05) is 11.3 Å². The Morgan fingerprint density at radius 3 is 2.24 bits per heavy atom. The minimum Gasteiger partial charge on any atom is -0.314 e. The van der Waals surface area contributed by atoms with E-state index in [1.54, 1.807) is 0 Å². The van der Waals surface area contributed by atoms with Gasteiger partial charge in [0.2, 0.25) is 0 Å². The number of thiazole rings is 1. The molecule has 1 rings (SSSR count). The van der Waals surface area contributed by atoms with Crippen molar-refractivity contribution in [2.45, 2.75) is 54.0 Å². The molecule has 98 valence electrons. The Kier molecular flexibility index (Phi) is 5.60. The second kappa shape index (κ2) is 6.50. The van der Waals surface area contributed by atoms with Gasteiger partial charge in [0.1, 0.15) is 0 Å². The summed E-state index contributed by atoms with van der Waals surface area (Å²) in [6.07, 6.45) is 1.11. The third-order valence-electron chi connectivity index (χ3n) is 3.39. The molecule has 1 aromatic rings. The Bertz CT molecular complexity index is 324. The second-order valence-electron chi connectivity index (χ2n) is 5.47. The molecule has 0 aromatic carbocycles. The summed E-state index contributed by atoms with van der Waals surface area (Å²) in [5, 5.41) is 4.81. The summed E-state index contributed by atoms with van der Waals surface area (Å²) in [6, 6.07) is 0.578. The number of aryl methyl sites for hydroxylation is 2. The lowest BCUT2D eigenvalue weighted by Gasteiger charge is -2.20.